The van der Waals surface area contributed by atoms with Crippen molar-refractivity contribution in [3.63, 3.8) is 0 Å². The third-order valence-electron chi connectivity index (χ3n) is 5.51. The lowest BCUT2D eigenvalue weighted by atomic mass is 10.1. The van der Waals surface area contributed by atoms with Crippen LogP contribution in [-0.2, 0) is 34.0 Å². The molecular formula is C22H22F3N7O3S. The van der Waals surface area contributed by atoms with Crippen LogP contribution in [0.15, 0.2) is 36.5 Å². The van der Waals surface area contributed by atoms with Gasteiger partial charge in [0.05, 0.1) is 24.9 Å². The number of benzene rings is 1. The summed E-state index contributed by atoms with van der Waals surface area (Å²) in [5.74, 6) is -0.570. The number of anilines is 5. The lowest BCUT2D eigenvalue weighted by molar-refractivity contribution is -0.137. The van der Waals surface area contributed by atoms with E-state index in [-0.39, 0.29) is 30.6 Å². The summed E-state index contributed by atoms with van der Waals surface area (Å²) in [5.41, 5.74) is 1.85. The maximum atomic E-state index is 13.6. The molecule has 0 aliphatic carbocycles. The van der Waals surface area contributed by atoms with Crippen LogP contribution >= 0.6 is 0 Å². The van der Waals surface area contributed by atoms with Crippen molar-refractivity contribution in [2.24, 2.45) is 0 Å². The van der Waals surface area contributed by atoms with E-state index >= 15 is 0 Å². The molecule has 190 valence electrons. The largest absolute Gasteiger partial charge is 0.421 e. The maximum Gasteiger partial charge on any atom is 0.421 e. The molecule has 0 unspecified atom stereocenters. The summed E-state index contributed by atoms with van der Waals surface area (Å²) in [5, 5.41) is 8.22. The van der Waals surface area contributed by atoms with Crippen LogP contribution in [0.1, 0.15) is 22.4 Å². The molecule has 4 rings (SSSR count). The van der Waals surface area contributed by atoms with Crippen molar-refractivity contribution >= 4 is 44.9 Å². The third-order valence-corrected chi connectivity index (χ3v) is 6.69. The van der Waals surface area contributed by atoms with Gasteiger partial charge in [-0.1, -0.05) is 6.07 Å². The molecule has 3 aromatic rings. The zero-order valence-electron chi connectivity index (χ0n) is 19.4. The van der Waals surface area contributed by atoms with Gasteiger partial charge in [0.25, 0.3) is 0 Å². The Morgan fingerprint density at radius 2 is 1.92 bits per heavy atom. The number of hydrogen-bond donors (Lipinski definition) is 3. The van der Waals surface area contributed by atoms with Gasteiger partial charge in [-0.3, -0.25) is 9.10 Å². The Kier molecular flexibility index (Phi) is 6.47. The molecule has 10 nitrogen and oxygen atoms in total. The first kappa shape index (κ1) is 25.2. The lowest BCUT2D eigenvalue weighted by Crippen LogP contribution is -2.26. The van der Waals surface area contributed by atoms with E-state index in [0.717, 1.165) is 16.1 Å². The number of fused-ring (bicyclic) bond motifs is 1. The molecule has 3 N–H and O–H groups in total. The number of pyridine rings is 1. The van der Waals surface area contributed by atoms with Crippen LogP contribution in [0.5, 0.6) is 0 Å². The highest BCUT2D eigenvalue weighted by molar-refractivity contribution is 7.92. The average molecular weight is 522 g/mol. The zero-order valence-corrected chi connectivity index (χ0v) is 20.3. The molecule has 0 fully saturated rings. The molecular weight excluding hydrogens is 499 g/mol. The Balaban J connectivity index is 1.60. The number of amides is 1. The minimum atomic E-state index is -4.72. The minimum Gasteiger partial charge on any atom is -0.364 e. The summed E-state index contributed by atoms with van der Waals surface area (Å²) in [6.45, 7) is 1.56. The predicted octanol–water partition coefficient (Wildman–Crippen LogP) is 3.44. The van der Waals surface area contributed by atoms with Gasteiger partial charge >= 0.3 is 6.18 Å². The number of aryl methyl sites for hydroxylation is 1. The highest BCUT2D eigenvalue weighted by Crippen LogP contribution is 2.35. The fourth-order valence-corrected chi connectivity index (χ4v) is 3.91. The topological polar surface area (TPSA) is 129 Å². The Labute approximate surface area is 205 Å². The fraction of sp³-hybridized carbons (Fsp3) is 0.273. The molecule has 3 heterocycles. The molecule has 1 aromatic carbocycles. The van der Waals surface area contributed by atoms with Crippen molar-refractivity contribution in [3.8, 4) is 0 Å². The van der Waals surface area contributed by atoms with E-state index in [1.165, 1.54) is 13.1 Å². The number of rotatable bonds is 7. The summed E-state index contributed by atoms with van der Waals surface area (Å²) in [7, 11) is -2.24. The van der Waals surface area contributed by atoms with Gasteiger partial charge in [-0.15, -0.1) is 0 Å². The summed E-state index contributed by atoms with van der Waals surface area (Å²) < 4.78 is 65.5. The van der Waals surface area contributed by atoms with Crippen LogP contribution in [0, 0.1) is 6.92 Å². The van der Waals surface area contributed by atoms with E-state index in [9.17, 15) is 26.4 Å². The number of halogens is 3. The molecule has 14 heteroatoms. The van der Waals surface area contributed by atoms with Gasteiger partial charge < -0.3 is 16.0 Å². The quantitative estimate of drug-likeness (QED) is 0.431. The Bertz CT molecular complexity index is 1450. The molecule has 0 saturated carbocycles. The summed E-state index contributed by atoms with van der Waals surface area (Å²) in [6.07, 6.45) is -2.83. The second kappa shape index (κ2) is 9.26. The molecule has 1 amide bonds. The number of aromatic nitrogens is 3. The summed E-state index contributed by atoms with van der Waals surface area (Å²) in [4.78, 5) is 23.7. The van der Waals surface area contributed by atoms with Crippen LogP contribution in [0.25, 0.3) is 0 Å². The van der Waals surface area contributed by atoms with Gasteiger partial charge in [0.2, 0.25) is 21.9 Å². The molecule has 1 aliphatic heterocycles. The molecule has 0 saturated heterocycles. The third kappa shape index (κ3) is 5.48. The standard InChI is InChI=1S/C22H22F3N7O3S/c1-12-4-7-18(32(2)36(3,34)35)29-17(12)11-26-20-15(22(23,24)25)10-27-21(31-20)28-14-5-6-16-13(8-14)9-19(33)30-16/h4-8,10H,9,11H2,1-3H3,(H,30,33)(H2,26,27,28,31). The van der Waals surface area contributed by atoms with Crippen LogP contribution in [0.2, 0.25) is 0 Å². The van der Waals surface area contributed by atoms with E-state index in [0.29, 0.717) is 28.8 Å². The van der Waals surface area contributed by atoms with Crippen molar-refractivity contribution in [3.05, 3.63) is 58.9 Å². The smallest absolute Gasteiger partial charge is 0.364 e. The van der Waals surface area contributed by atoms with Gasteiger partial charge in [-0.25, -0.2) is 18.4 Å². The van der Waals surface area contributed by atoms with Gasteiger partial charge in [0, 0.05) is 24.6 Å². The van der Waals surface area contributed by atoms with Crippen LogP contribution < -0.4 is 20.3 Å². The van der Waals surface area contributed by atoms with Crippen molar-refractivity contribution in [1.82, 2.24) is 15.0 Å². The molecule has 0 radical (unpaired) electrons. The Hall–Kier alpha value is -3.94. The van der Waals surface area contributed by atoms with Gasteiger partial charge in [-0.05, 0) is 42.3 Å². The van der Waals surface area contributed by atoms with Gasteiger partial charge in [-0.2, -0.15) is 18.2 Å². The molecule has 0 spiro atoms. The highest BCUT2D eigenvalue weighted by atomic mass is 32.2. The SMILES string of the molecule is Cc1ccc(N(C)S(C)(=O)=O)nc1CNc1nc(Nc2ccc3c(c2)CC(=O)N3)ncc1C(F)(F)F. The summed E-state index contributed by atoms with van der Waals surface area (Å²) >= 11 is 0. The number of carbonyl (C=O) groups is 1. The van der Waals surface area contributed by atoms with Gasteiger partial charge in [0.15, 0.2) is 0 Å². The fourth-order valence-electron chi connectivity index (χ4n) is 3.47. The lowest BCUT2D eigenvalue weighted by Gasteiger charge is -2.18. The van der Waals surface area contributed by atoms with Crippen LogP contribution in [-0.4, -0.2) is 42.6 Å². The predicted molar refractivity (Wildman–Crippen MR) is 129 cm³/mol. The molecule has 36 heavy (non-hydrogen) atoms. The molecule has 1 aliphatic rings. The first-order valence-electron chi connectivity index (χ1n) is 10.6. The first-order valence-corrected chi connectivity index (χ1v) is 12.4. The number of carbonyl (C=O) groups excluding carboxylic acids is 1. The second-order valence-corrected chi connectivity index (χ2v) is 10.2. The number of alkyl halides is 3. The van der Waals surface area contributed by atoms with Gasteiger partial charge in [0.1, 0.15) is 17.2 Å². The van der Waals surface area contributed by atoms with E-state index < -0.39 is 27.6 Å². The highest BCUT2D eigenvalue weighted by Gasteiger charge is 2.35. The van der Waals surface area contributed by atoms with E-state index in [4.69, 9.17) is 0 Å². The molecule has 0 atom stereocenters. The first-order chi connectivity index (χ1) is 16.8. The van der Waals surface area contributed by atoms with E-state index in [1.807, 2.05) is 0 Å². The average Bonchev–Trinajstić information content (AvgIpc) is 3.16. The number of hydrogen-bond acceptors (Lipinski definition) is 8. The van der Waals surface area contributed by atoms with Crippen molar-refractivity contribution < 1.29 is 26.4 Å². The molecule has 2 aromatic heterocycles. The van der Waals surface area contributed by atoms with Crippen LogP contribution in [0.4, 0.5) is 42.1 Å². The van der Waals surface area contributed by atoms with Crippen molar-refractivity contribution in [1.29, 1.82) is 0 Å². The van der Waals surface area contributed by atoms with Crippen molar-refractivity contribution in [2.75, 3.05) is 33.6 Å². The van der Waals surface area contributed by atoms with Crippen LogP contribution in [0.3, 0.4) is 0 Å². The monoisotopic (exact) mass is 521 g/mol. The van der Waals surface area contributed by atoms with E-state index in [1.54, 1.807) is 31.2 Å². The Morgan fingerprint density at radius 1 is 1.17 bits per heavy atom. The minimum absolute atomic E-state index is 0.0852. The molecule has 0 bridgehead atoms. The number of sulfonamides is 1. The van der Waals surface area contributed by atoms with Crippen molar-refractivity contribution in [2.45, 2.75) is 26.1 Å². The normalized spacial score (nSPS) is 13.2. The number of nitrogens with one attached hydrogen (secondary N) is 3. The number of nitrogens with zero attached hydrogens (tertiary/aromatic N) is 4. The summed E-state index contributed by atoms with van der Waals surface area (Å²) in [6, 6.07) is 8.16. The van der Waals surface area contributed by atoms with E-state index in [2.05, 4.69) is 30.9 Å². The zero-order chi connectivity index (χ0) is 26.3. The Morgan fingerprint density at radius 3 is 2.61 bits per heavy atom. The second-order valence-electron chi connectivity index (χ2n) is 8.19. The maximum absolute atomic E-state index is 13.6.